The molecule has 1 radical (unpaired) electrons. The lowest BCUT2D eigenvalue weighted by Gasteiger charge is -2.07. The van der Waals surface area contributed by atoms with Gasteiger partial charge >= 0.3 is 0 Å². The van der Waals surface area contributed by atoms with Crippen molar-refractivity contribution in [2.24, 2.45) is 0 Å². The van der Waals surface area contributed by atoms with Crippen LogP contribution in [-0.2, 0) is 11.7 Å². The fraction of sp³-hybridized carbons (Fsp3) is 0.400. The van der Waals surface area contributed by atoms with Crippen LogP contribution in [0.25, 0.3) is 0 Å². The Kier molecular flexibility index (Phi) is 3.12. The molecular formula is C10H12ClO. The van der Waals surface area contributed by atoms with Gasteiger partial charge in [-0.05, 0) is 29.2 Å². The zero-order chi connectivity index (χ0) is 9.14. The second-order valence-electron chi connectivity index (χ2n) is 3.19. The SMILES string of the molecule is CC(C)c1cc(Cl)cc(C[O])c1. The van der Waals surface area contributed by atoms with E-state index in [9.17, 15) is 5.11 Å². The minimum Gasteiger partial charge on any atom is -0.232 e. The maximum Gasteiger partial charge on any atom is 0.107 e. The van der Waals surface area contributed by atoms with E-state index in [-0.39, 0.29) is 6.61 Å². The number of halogens is 1. The molecule has 0 aliphatic heterocycles. The summed E-state index contributed by atoms with van der Waals surface area (Å²) in [7, 11) is 0. The maximum absolute atomic E-state index is 10.6. The lowest BCUT2D eigenvalue weighted by molar-refractivity contribution is 0.177. The molecule has 1 aromatic rings. The van der Waals surface area contributed by atoms with E-state index in [1.165, 1.54) is 0 Å². The fourth-order valence-electron chi connectivity index (χ4n) is 1.09. The van der Waals surface area contributed by atoms with E-state index in [2.05, 4.69) is 13.8 Å². The van der Waals surface area contributed by atoms with Gasteiger partial charge < -0.3 is 0 Å². The summed E-state index contributed by atoms with van der Waals surface area (Å²) in [6, 6.07) is 5.55. The largest absolute Gasteiger partial charge is 0.232 e. The molecule has 0 fully saturated rings. The molecular weight excluding hydrogens is 172 g/mol. The smallest absolute Gasteiger partial charge is 0.107 e. The standard InChI is InChI=1S/C10H12ClO/c1-7(2)9-3-8(6-12)4-10(11)5-9/h3-5,7H,6H2,1-2H3. The van der Waals surface area contributed by atoms with Gasteiger partial charge in [0.25, 0.3) is 0 Å². The summed E-state index contributed by atoms with van der Waals surface area (Å²) in [6.07, 6.45) is 0. The van der Waals surface area contributed by atoms with Crippen LogP contribution in [0.3, 0.4) is 0 Å². The van der Waals surface area contributed by atoms with Gasteiger partial charge in [-0.25, -0.2) is 5.11 Å². The molecule has 65 valence electrons. The van der Waals surface area contributed by atoms with E-state index in [0.717, 1.165) is 11.1 Å². The zero-order valence-electron chi connectivity index (χ0n) is 7.30. The second-order valence-corrected chi connectivity index (χ2v) is 3.63. The van der Waals surface area contributed by atoms with Crippen molar-refractivity contribution in [2.75, 3.05) is 0 Å². The van der Waals surface area contributed by atoms with Gasteiger partial charge in [-0.2, -0.15) is 0 Å². The molecule has 0 aliphatic carbocycles. The molecule has 0 heterocycles. The summed E-state index contributed by atoms with van der Waals surface area (Å²) in [5, 5.41) is 11.3. The van der Waals surface area contributed by atoms with Crippen LogP contribution in [0, 0.1) is 0 Å². The molecule has 0 saturated carbocycles. The van der Waals surface area contributed by atoms with Crippen molar-refractivity contribution in [3.63, 3.8) is 0 Å². The Morgan fingerprint density at radius 1 is 1.33 bits per heavy atom. The first-order valence-electron chi connectivity index (χ1n) is 4.01. The highest BCUT2D eigenvalue weighted by atomic mass is 35.5. The summed E-state index contributed by atoms with van der Waals surface area (Å²) in [5.74, 6) is 0.425. The van der Waals surface area contributed by atoms with Crippen LogP contribution in [0.5, 0.6) is 0 Å². The summed E-state index contributed by atoms with van der Waals surface area (Å²) in [4.78, 5) is 0. The third-order valence-electron chi connectivity index (χ3n) is 1.81. The van der Waals surface area contributed by atoms with Gasteiger partial charge in [-0.3, -0.25) is 0 Å². The predicted molar refractivity (Wildman–Crippen MR) is 49.9 cm³/mol. The minimum absolute atomic E-state index is 0.194. The Morgan fingerprint density at radius 2 is 2.00 bits per heavy atom. The maximum atomic E-state index is 10.6. The van der Waals surface area contributed by atoms with Crippen molar-refractivity contribution in [2.45, 2.75) is 26.4 Å². The molecule has 12 heavy (non-hydrogen) atoms. The van der Waals surface area contributed by atoms with Gasteiger partial charge in [-0.1, -0.05) is 31.5 Å². The van der Waals surface area contributed by atoms with E-state index in [0.29, 0.717) is 10.9 Å². The van der Waals surface area contributed by atoms with Crippen molar-refractivity contribution in [3.05, 3.63) is 34.3 Å². The van der Waals surface area contributed by atoms with E-state index >= 15 is 0 Å². The molecule has 0 N–H and O–H groups in total. The molecule has 0 saturated heterocycles. The lowest BCUT2D eigenvalue weighted by Crippen LogP contribution is -1.90. The van der Waals surface area contributed by atoms with Crippen LogP contribution in [0.4, 0.5) is 0 Å². The van der Waals surface area contributed by atoms with Crippen LogP contribution in [0.1, 0.15) is 30.9 Å². The normalized spacial score (nSPS) is 10.8. The van der Waals surface area contributed by atoms with Gasteiger partial charge in [0, 0.05) is 5.02 Å². The summed E-state index contributed by atoms with van der Waals surface area (Å²) < 4.78 is 0. The highest BCUT2D eigenvalue weighted by Gasteiger charge is 2.02. The first kappa shape index (κ1) is 9.56. The molecule has 0 atom stereocenters. The number of hydrogen-bond acceptors (Lipinski definition) is 0. The molecule has 1 aromatic carbocycles. The van der Waals surface area contributed by atoms with E-state index < -0.39 is 0 Å². The van der Waals surface area contributed by atoms with Gasteiger partial charge in [0.15, 0.2) is 0 Å². The fourth-order valence-corrected chi connectivity index (χ4v) is 1.36. The molecule has 1 nitrogen and oxygen atoms in total. The summed E-state index contributed by atoms with van der Waals surface area (Å²) in [5.41, 5.74) is 1.90. The second kappa shape index (κ2) is 3.92. The Balaban J connectivity index is 3.06. The monoisotopic (exact) mass is 183 g/mol. The van der Waals surface area contributed by atoms with E-state index in [1.54, 1.807) is 6.07 Å². The average molecular weight is 184 g/mol. The van der Waals surface area contributed by atoms with Crippen molar-refractivity contribution in [3.8, 4) is 0 Å². The molecule has 0 unspecified atom stereocenters. The summed E-state index contributed by atoms with van der Waals surface area (Å²) >= 11 is 5.83. The van der Waals surface area contributed by atoms with Crippen LogP contribution < -0.4 is 0 Å². The van der Waals surface area contributed by atoms with Crippen molar-refractivity contribution in [1.29, 1.82) is 0 Å². The molecule has 0 amide bonds. The van der Waals surface area contributed by atoms with Gasteiger partial charge in [0.1, 0.15) is 6.61 Å². The van der Waals surface area contributed by atoms with Gasteiger partial charge in [-0.15, -0.1) is 0 Å². The minimum atomic E-state index is -0.194. The van der Waals surface area contributed by atoms with Crippen LogP contribution >= 0.6 is 11.6 Å². The third-order valence-corrected chi connectivity index (χ3v) is 2.03. The highest BCUT2D eigenvalue weighted by molar-refractivity contribution is 6.30. The van der Waals surface area contributed by atoms with Gasteiger partial charge in [0.05, 0.1) is 0 Å². The first-order valence-corrected chi connectivity index (χ1v) is 4.38. The number of rotatable bonds is 2. The molecule has 0 spiro atoms. The third kappa shape index (κ3) is 2.23. The Labute approximate surface area is 78.0 Å². The average Bonchev–Trinajstić information content (AvgIpc) is 2.03. The Bertz CT molecular complexity index is 269. The van der Waals surface area contributed by atoms with Crippen molar-refractivity contribution < 1.29 is 5.11 Å². The number of benzene rings is 1. The van der Waals surface area contributed by atoms with Crippen molar-refractivity contribution in [1.82, 2.24) is 0 Å². The summed E-state index contributed by atoms with van der Waals surface area (Å²) in [6.45, 7) is 3.97. The quantitative estimate of drug-likeness (QED) is 0.670. The van der Waals surface area contributed by atoms with Crippen LogP contribution in [-0.4, -0.2) is 0 Å². The molecule has 2 heteroatoms. The highest BCUT2D eigenvalue weighted by Crippen LogP contribution is 2.21. The zero-order valence-corrected chi connectivity index (χ0v) is 8.06. The molecule has 1 rings (SSSR count). The lowest BCUT2D eigenvalue weighted by atomic mass is 10.0. The Morgan fingerprint density at radius 3 is 2.50 bits per heavy atom. The van der Waals surface area contributed by atoms with E-state index in [1.807, 2.05) is 12.1 Å². The van der Waals surface area contributed by atoms with Crippen molar-refractivity contribution >= 4 is 11.6 Å². The number of hydrogen-bond donors (Lipinski definition) is 0. The van der Waals surface area contributed by atoms with Crippen LogP contribution in [0.2, 0.25) is 5.02 Å². The van der Waals surface area contributed by atoms with Crippen LogP contribution in [0.15, 0.2) is 18.2 Å². The molecule has 0 bridgehead atoms. The molecule has 0 aliphatic rings. The molecule has 0 aromatic heterocycles. The predicted octanol–water partition coefficient (Wildman–Crippen LogP) is 3.39. The Hall–Kier alpha value is -0.530. The van der Waals surface area contributed by atoms with Gasteiger partial charge in [0.2, 0.25) is 0 Å². The van der Waals surface area contributed by atoms with E-state index in [4.69, 9.17) is 11.6 Å². The topological polar surface area (TPSA) is 19.9 Å². The first-order chi connectivity index (χ1) is 5.63.